The molecule has 3 aromatic rings. The Kier molecular flexibility index (Phi) is 5.75. The molecule has 0 fully saturated rings. The summed E-state index contributed by atoms with van der Waals surface area (Å²) < 4.78 is 12.1. The first kappa shape index (κ1) is 20.7. The average molecular weight is 420 g/mol. The Morgan fingerprint density at radius 2 is 1.87 bits per heavy atom. The third-order valence-electron chi connectivity index (χ3n) is 5.39. The summed E-state index contributed by atoms with van der Waals surface area (Å²) in [7, 11) is 0. The van der Waals surface area contributed by atoms with Gasteiger partial charge in [-0.3, -0.25) is 9.59 Å². The maximum Gasteiger partial charge on any atom is 0.347 e. The molecule has 0 saturated carbocycles. The van der Waals surface area contributed by atoms with Gasteiger partial charge in [0, 0.05) is 23.8 Å². The lowest BCUT2D eigenvalue weighted by atomic mass is 10.1. The molecule has 0 saturated heterocycles. The van der Waals surface area contributed by atoms with Crippen LogP contribution < -0.4 is 15.2 Å². The maximum atomic E-state index is 13.0. The fourth-order valence-corrected chi connectivity index (χ4v) is 3.84. The van der Waals surface area contributed by atoms with E-state index in [1.54, 1.807) is 49.2 Å². The molecule has 31 heavy (non-hydrogen) atoms. The maximum absolute atomic E-state index is 13.0. The van der Waals surface area contributed by atoms with Gasteiger partial charge in [0.05, 0.1) is 12.0 Å². The summed E-state index contributed by atoms with van der Waals surface area (Å²) >= 11 is 0. The second-order valence-corrected chi connectivity index (χ2v) is 7.40. The van der Waals surface area contributed by atoms with Gasteiger partial charge in [-0.05, 0) is 50.1 Å². The van der Waals surface area contributed by atoms with E-state index in [0.717, 1.165) is 17.7 Å². The molecular weight excluding hydrogens is 396 g/mol. The van der Waals surface area contributed by atoms with Crippen LogP contribution in [0.15, 0.2) is 59.5 Å². The monoisotopic (exact) mass is 420 g/mol. The van der Waals surface area contributed by atoms with Crippen LogP contribution in [0, 0.1) is 0 Å². The van der Waals surface area contributed by atoms with E-state index in [9.17, 15) is 14.4 Å². The fourth-order valence-electron chi connectivity index (χ4n) is 3.84. The zero-order chi connectivity index (χ0) is 22.0. The van der Waals surface area contributed by atoms with Crippen LogP contribution in [0.25, 0.3) is 10.8 Å². The Morgan fingerprint density at radius 3 is 2.68 bits per heavy atom. The van der Waals surface area contributed by atoms with Crippen molar-refractivity contribution in [3.63, 3.8) is 0 Å². The number of esters is 1. The van der Waals surface area contributed by atoms with Crippen LogP contribution in [0.5, 0.6) is 5.75 Å². The lowest BCUT2D eigenvalue weighted by Crippen LogP contribution is -2.35. The van der Waals surface area contributed by atoms with Gasteiger partial charge < -0.3 is 18.9 Å². The molecule has 1 aliphatic rings. The zero-order valence-electron chi connectivity index (χ0n) is 17.5. The van der Waals surface area contributed by atoms with Crippen LogP contribution in [0.3, 0.4) is 0 Å². The zero-order valence-corrected chi connectivity index (χ0v) is 17.5. The quantitative estimate of drug-likeness (QED) is 0.573. The van der Waals surface area contributed by atoms with Gasteiger partial charge in [-0.25, -0.2) is 4.79 Å². The fraction of sp³-hybridized carbons (Fsp3) is 0.292. The number of carbonyl (C=O) groups is 2. The van der Waals surface area contributed by atoms with Gasteiger partial charge in [0.2, 0.25) is 5.91 Å². The lowest BCUT2D eigenvalue weighted by molar-refractivity contribution is -0.150. The van der Waals surface area contributed by atoms with E-state index in [-0.39, 0.29) is 24.6 Å². The summed E-state index contributed by atoms with van der Waals surface area (Å²) in [5, 5.41) is 1.00. The van der Waals surface area contributed by atoms with E-state index in [4.69, 9.17) is 9.47 Å². The number of aromatic nitrogens is 1. The Labute approximate surface area is 179 Å². The topological polar surface area (TPSA) is 77.8 Å². The van der Waals surface area contributed by atoms with Gasteiger partial charge in [-0.15, -0.1) is 0 Å². The van der Waals surface area contributed by atoms with Crippen LogP contribution in [0.2, 0.25) is 0 Å². The smallest absolute Gasteiger partial charge is 0.347 e. The van der Waals surface area contributed by atoms with Gasteiger partial charge in [0.1, 0.15) is 12.3 Å². The first-order valence-corrected chi connectivity index (χ1v) is 10.3. The third kappa shape index (κ3) is 4.03. The molecule has 4 rings (SSSR count). The molecule has 7 heteroatoms. The summed E-state index contributed by atoms with van der Waals surface area (Å²) in [6.07, 6.45) is 1.60. The molecule has 2 aromatic carbocycles. The van der Waals surface area contributed by atoms with Crippen molar-refractivity contribution in [2.24, 2.45) is 0 Å². The van der Waals surface area contributed by atoms with E-state index >= 15 is 0 Å². The number of para-hydroxylation sites is 1. The summed E-state index contributed by atoms with van der Waals surface area (Å²) in [4.78, 5) is 39.6. The Balaban J connectivity index is 1.58. The molecular formula is C24H24N2O5. The van der Waals surface area contributed by atoms with Gasteiger partial charge in [-0.1, -0.05) is 24.3 Å². The average Bonchev–Trinajstić information content (AvgIpc) is 3.20. The van der Waals surface area contributed by atoms with Crippen molar-refractivity contribution < 1.29 is 19.1 Å². The normalized spacial score (nSPS) is 13.7. The van der Waals surface area contributed by atoms with Crippen molar-refractivity contribution in [1.29, 1.82) is 0 Å². The molecule has 1 aromatic heterocycles. The molecule has 1 aliphatic heterocycles. The van der Waals surface area contributed by atoms with Gasteiger partial charge in [0.25, 0.3) is 5.56 Å². The van der Waals surface area contributed by atoms with Gasteiger partial charge in [0.15, 0.2) is 6.10 Å². The third-order valence-corrected chi connectivity index (χ3v) is 5.39. The highest BCUT2D eigenvalue weighted by molar-refractivity contribution is 5.95. The number of nitrogens with zero attached hydrogens (tertiary/aromatic N) is 2. The van der Waals surface area contributed by atoms with Crippen LogP contribution in [-0.2, 0) is 27.3 Å². The Bertz CT molecular complexity index is 1200. The minimum absolute atomic E-state index is 0.0482. The number of anilines is 1. The van der Waals surface area contributed by atoms with Crippen molar-refractivity contribution >= 4 is 28.3 Å². The van der Waals surface area contributed by atoms with Crippen LogP contribution in [0.4, 0.5) is 5.69 Å². The van der Waals surface area contributed by atoms with Crippen molar-refractivity contribution in [3.8, 4) is 5.75 Å². The Morgan fingerprint density at radius 1 is 1.06 bits per heavy atom. The number of amides is 1. The highest BCUT2D eigenvalue weighted by Crippen LogP contribution is 2.28. The predicted octanol–water partition coefficient (Wildman–Crippen LogP) is 2.92. The van der Waals surface area contributed by atoms with E-state index in [0.29, 0.717) is 23.1 Å². The molecule has 0 aliphatic carbocycles. The van der Waals surface area contributed by atoms with Crippen LogP contribution in [0.1, 0.15) is 19.4 Å². The SMILES string of the molecule is CCOC(=O)[C@@H](C)Oc1cccc2c(=O)n(CC(=O)N3CCc4ccccc43)ccc12. The molecule has 0 bridgehead atoms. The standard InChI is InChI=1S/C24H24N2O5/c1-3-30-24(29)16(2)31-21-10-6-8-19-18(21)12-13-25(23(19)28)15-22(27)26-14-11-17-7-4-5-9-20(17)26/h4-10,12-13,16H,3,11,14-15H2,1-2H3/t16-/m1/s1. The van der Waals surface area contributed by atoms with E-state index in [2.05, 4.69) is 0 Å². The van der Waals surface area contributed by atoms with E-state index in [1.807, 2.05) is 24.3 Å². The number of hydrogen-bond acceptors (Lipinski definition) is 5. The molecule has 7 nitrogen and oxygen atoms in total. The van der Waals surface area contributed by atoms with Gasteiger partial charge in [-0.2, -0.15) is 0 Å². The molecule has 1 amide bonds. The molecule has 2 heterocycles. The molecule has 0 N–H and O–H groups in total. The van der Waals surface area contributed by atoms with E-state index < -0.39 is 12.1 Å². The minimum Gasteiger partial charge on any atom is -0.478 e. The lowest BCUT2D eigenvalue weighted by Gasteiger charge is -2.18. The summed E-state index contributed by atoms with van der Waals surface area (Å²) in [6, 6.07) is 14.6. The van der Waals surface area contributed by atoms with E-state index in [1.165, 1.54) is 4.57 Å². The number of ether oxygens (including phenoxy) is 2. The number of fused-ring (bicyclic) bond motifs is 2. The molecule has 1 atom stereocenters. The molecule has 0 unspecified atom stereocenters. The number of hydrogen-bond donors (Lipinski definition) is 0. The van der Waals surface area contributed by atoms with Gasteiger partial charge >= 0.3 is 5.97 Å². The van der Waals surface area contributed by atoms with Crippen LogP contribution >= 0.6 is 0 Å². The number of rotatable bonds is 6. The van der Waals surface area contributed by atoms with Crippen molar-refractivity contribution in [2.45, 2.75) is 32.9 Å². The molecule has 0 radical (unpaired) electrons. The highest BCUT2D eigenvalue weighted by atomic mass is 16.6. The number of pyridine rings is 1. The Hall–Kier alpha value is -3.61. The van der Waals surface area contributed by atoms with Crippen molar-refractivity contribution in [1.82, 2.24) is 4.57 Å². The largest absolute Gasteiger partial charge is 0.478 e. The molecule has 0 spiro atoms. The first-order chi connectivity index (χ1) is 15.0. The first-order valence-electron chi connectivity index (χ1n) is 10.3. The van der Waals surface area contributed by atoms with Crippen molar-refractivity contribution in [2.75, 3.05) is 18.1 Å². The summed E-state index contributed by atoms with van der Waals surface area (Å²) in [5.41, 5.74) is 1.76. The predicted molar refractivity (Wildman–Crippen MR) is 117 cm³/mol. The molecule has 160 valence electrons. The summed E-state index contributed by atoms with van der Waals surface area (Å²) in [6.45, 7) is 4.16. The number of benzene rings is 2. The second-order valence-electron chi connectivity index (χ2n) is 7.40. The van der Waals surface area contributed by atoms with Crippen LogP contribution in [-0.4, -0.2) is 35.7 Å². The van der Waals surface area contributed by atoms with Crippen molar-refractivity contribution in [3.05, 3.63) is 70.6 Å². The highest BCUT2D eigenvalue weighted by Gasteiger charge is 2.24. The summed E-state index contributed by atoms with van der Waals surface area (Å²) in [5.74, 6) is -0.179. The number of carbonyl (C=O) groups excluding carboxylic acids is 2. The minimum atomic E-state index is -0.801. The second kappa shape index (κ2) is 8.63.